The van der Waals surface area contributed by atoms with E-state index in [9.17, 15) is 13.2 Å². The molecule has 0 fully saturated rings. The van der Waals surface area contributed by atoms with Crippen molar-refractivity contribution in [1.82, 2.24) is 4.90 Å². The number of nitrogens with zero attached hydrogens (tertiary/aromatic N) is 1. The van der Waals surface area contributed by atoms with Crippen LogP contribution in [0.2, 0.25) is 0 Å². The molecule has 0 bridgehead atoms. The van der Waals surface area contributed by atoms with Crippen LogP contribution in [-0.4, -0.2) is 23.7 Å². The topological polar surface area (TPSA) is 29.3 Å². The van der Waals surface area contributed by atoms with Crippen LogP contribution in [0.3, 0.4) is 0 Å². The Hall–Kier alpha value is -1.11. The molecule has 0 amide bonds. The molecule has 2 aromatic rings. The summed E-state index contributed by atoms with van der Waals surface area (Å²) in [6.07, 6.45) is -4.20. The van der Waals surface area contributed by atoms with Gasteiger partial charge < -0.3 is 5.73 Å². The van der Waals surface area contributed by atoms with E-state index in [0.29, 0.717) is 6.54 Å². The number of thiophene rings is 1. The van der Waals surface area contributed by atoms with Gasteiger partial charge >= 0.3 is 6.18 Å². The Kier molecular flexibility index (Phi) is 4.91. The van der Waals surface area contributed by atoms with Crippen LogP contribution in [0.15, 0.2) is 24.3 Å². The van der Waals surface area contributed by atoms with Gasteiger partial charge in [0, 0.05) is 28.7 Å². The molecule has 0 saturated heterocycles. The molecule has 21 heavy (non-hydrogen) atoms. The highest BCUT2D eigenvalue weighted by molar-refractivity contribution is 7.19. The molecule has 2 rings (SSSR count). The first kappa shape index (κ1) is 16.3. The van der Waals surface area contributed by atoms with Gasteiger partial charge in [0.25, 0.3) is 0 Å². The molecular formula is C15H19F3N2S. The smallest absolute Gasteiger partial charge is 0.326 e. The van der Waals surface area contributed by atoms with Gasteiger partial charge in [0.05, 0.1) is 6.54 Å². The fourth-order valence-electron chi connectivity index (χ4n) is 2.34. The number of nitrogens with two attached hydrogens (primary N) is 1. The van der Waals surface area contributed by atoms with Gasteiger partial charge in [-0.15, -0.1) is 11.3 Å². The monoisotopic (exact) mass is 316 g/mol. The summed E-state index contributed by atoms with van der Waals surface area (Å²) in [5.41, 5.74) is 6.69. The standard InChI is InChI=1S/C15H19F3N2S/c1-10(2)20(9-15(16,17)18)8-12-11-5-3-4-6-13(11)21-14(12)7-19/h3-6,10H,7-9,19H2,1-2H3. The van der Waals surface area contributed by atoms with Crippen molar-refractivity contribution in [3.8, 4) is 0 Å². The first-order valence-corrected chi connectivity index (χ1v) is 7.63. The molecule has 0 spiro atoms. The van der Waals surface area contributed by atoms with Gasteiger partial charge in [-0.25, -0.2) is 0 Å². The molecule has 116 valence electrons. The van der Waals surface area contributed by atoms with Crippen LogP contribution < -0.4 is 5.73 Å². The average molecular weight is 316 g/mol. The van der Waals surface area contributed by atoms with Crippen LogP contribution in [0.5, 0.6) is 0 Å². The molecule has 0 saturated carbocycles. The highest BCUT2D eigenvalue weighted by atomic mass is 32.1. The quantitative estimate of drug-likeness (QED) is 0.898. The van der Waals surface area contributed by atoms with Gasteiger partial charge in [-0.2, -0.15) is 13.2 Å². The lowest BCUT2D eigenvalue weighted by atomic mass is 10.1. The van der Waals surface area contributed by atoms with Crippen molar-refractivity contribution in [3.63, 3.8) is 0 Å². The fourth-order valence-corrected chi connectivity index (χ4v) is 3.44. The molecule has 2 N–H and O–H groups in total. The third-order valence-electron chi connectivity index (χ3n) is 3.44. The molecule has 1 heterocycles. The molecule has 2 nitrogen and oxygen atoms in total. The second-order valence-electron chi connectivity index (χ2n) is 5.32. The largest absolute Gasteiger partial charge is 0.401 e. The lowest BCUT2D eigenvalue weighted by Gasteiger charge is -2.27. The zero-order chi connectivity index (χ0) is 15.6. The molecule has 0 radical (unpaired) electrons. The summed E-state index contributed by atoms with van der Waals surface area (Å²) in [7, 11) is 0. The van der Waals surface area contributed by atoms with Crippen LogP contribution in [-0.2, 0) is 13.1 Å². The Morgan fingerprint density at radius 2 is 1.90 bits per heavy atom. The highest BCUT2D eigenvalue weighted by Crippen LogP contribution is 2.33. The van der Waals surface area contributed by atoms with E-state index in [0.717, 1.165) is 20.5 Å². The minimum atomic E-state index is -4.20. The zero-order valence-electron chi connectivity index (χ0n) is 12.1. The van der Waals surface area contributed by atoms with Crippen molar-refractivity contribution in [2.75, 3.05) is 6.54 Å². The lowest BCUT2D eigenvalue weighted by Crippen LogP contribution is -2.38. The SMILES string of the molecule is CC(C)N(Cc1c(CN)sc2ccccc12)CC(F)(F)F. The molecule has 0 unspecified atom stereocenters. The maximum Gasteiger partial charge on any atom is 0.401 e. The van der Waals surface area contributed by atoms with E-state index >= 15 is 0 Å². The maximum absolute atomic E-state index is 12.7. The van der Waals surface area contributed by atoms with Crippen molar-refractivity contribution >= 4 is 21.4 Å². The van der Waals surface area contributed by atoms with Crippen molar-refractivity contribution in [1.29, 1.82) is 0 Å². The van der Waals surface area contributed by atoms with Crippen molar-refractivity contribution < 1.29 is 13.2 Å². The first-order chi connectivity index (χ1) is 9.81. The predicted octanol–water partition coefficient (Wildman–Crippen LogP) is 4.13. The van der Waals surface area contributed by atoms with Crippen LogP contribution in [0, 0.1) is 0 Å². The number of hydrogen-bond acceptors (Lipinski definition) is 3. The third kappa shape index (κ3) is 3.96. The second-order valence-corrected chi connectivity index (χ2v) is 6.45. The maximum atomic E-state index is 12.7. The Bertz CT molecular complexity index is 604. The first-order valence-electron chi connectivity index (χ1n) is 6.82. The normalized spacial score (nSPS) is 12.8. The Balaban J connectivity index is 2.36. The number of fused-ring (bicyclic) bond motifs is 1. The van der Waals surface area contributed by atoms with E-state index in [1.165, 1.54) is 4.90 Å². The minimum absolute atomic E-state index is 0.184. The van der Waals surface area contributed by atoms with Gasteiger partial charge in [-0.05, 0) is 30.9 Å². The molecule has 0 atom stereocenters. The molecule has 1 aromatic heterocycles. The molecule has 0 aliphatic rings. The second kappa shape index (κ2) is 6.34. The van der Waals surface area contributed by atoms with Gasteiger partial charge in [-0.3, -0.25) is 4.90 Å². The number of alkyl halides is 3. The molecule has 1 aromatic carbocycles. The van der Waals surface area contributed by atoms with Crippen molar-refractivity contribution in [2.45, 2.75) is 39.2 Å². The highest BCUT2D eigenvalue weighted by Gasteiger charge is 2.32. The van der Waals surface area contributed by atoms with Crippen LogP contribution in [0.1, 0.15) is 24.3 Å². The molecule has 0 aliphatic carbocycles. The predicted molar refractivity (Wildman–Crippen MR) is 81.3 cm³/mol. The molecular weight excluding hydrogens is 297 g/mol. The zero-order valence-corrected chi connectivity index (χ0v) is 12.9. The summed E-state index contributed by atoms with van der Waals surface area (Å²) in [5.74, 6) is 0. The van der Waals surface area contributed by atoms with Gasteiger partial charge in [0.1, 0.15) is 0 Å². The molecule has 0 aliphatic heterocycles. The van der Waals surface area contributed by atoms with E-state index < -0.39 is 12.7 Å². The lowest BCUT2D eigenvalue weighted by molar-refractivity contribution is -0.150. The van der Waals surface area contributed by atoms with E-state index in [1.807, 2.05) is 24.3 Å². The van der Waals surface area contributed by atoms with Crippen molar-refractivity contribution in [3.05, 3.63) is 34.7 Å². The van der Waals surface area contributed by atoms with E-state index in [2.05, 4.69) is 0 Å². The number of rotatable bonds is 5. The third-order valence-corrected chi connectivity index (χ3v) is 4.68. The Labute approximate surface area is 126 Å². The van der Waals surface area contributed by atoms with Gasteiger partial charge in [0.15, 0.2) is 0 Å². The summed E-state index contributed by atoms with van der Waals surface area (Å²) in [6, 6.07) is 7.58. The average Bonchev–Trinajstić information content (AvgIpc) is 2.74. The van der Waals surface area contributed by atoms with E-state index in [1.54, 1.807) is 25.2 Å². The fraction of sp³-hybridized carbons (Fsp3) is 0.467. The minimum Gasteiger partial charge on any atom is -0.326 e. The summed E-state index contributed by atoms with van der Waals surface area (Å²) >= 11 is 1.56. The van der Waals surface area contributed by atoms with Gasteiger partial charge in [-0.1, -0.05) is 18.2 Å². The van der Waals surface area contributed by atoms with Gasteiger partial charge in [0.2, 0.25) is 0 Å². The summed E-state index contributed by atoms with van der Waals surface area (Å²) < 4.78 is 39.3. The summed E-state index contributed by atoms with van der Waals surface area (Å²) in [5, 5.41) is 1.01. The van der Waals surface area contributed by atoms with Crippen LogP contribution in [0.4, 0.5) is 13.2 Å². The number of benzene rings is 1. The summed E-state index contributed by atoms with van der Waals surface area (Å²) in [6.45, 7) is 3.28. The molecule has 6 heteroatoms. The Morgan fingerprint density at radius 3 is 2.48 bits per heavy atom. The van der Waals surface area contributed by atoms with Crippen LogP contribution in [0.25, 0.3) is 10.1 Å². The van der Waals surface area contributed by atoms with E-state index in [4.69, 9.17) is 5.73 Å². The van der Waals surface area contributed by atoms with E-state index in [-0.39, 0.29) is 12.6 Å². The van der Waals surface area contributed by atoms with Crippen molar-refractivity contribution in [2.24, 2.45) is 5.73 Å². The number of halogens is 3. The summed E-state index contributed by atoms with van der Waals surface area (Å²) in [4.78, 5) is 2.40. The number of hydrogen-bond donors (Lipinski definition) is 1. The Morgan fingerprint density at radius 1 is 1.24 bits per heavy atom. The van der Waals surface area contributed by atoms with Crippen LogP contribution >= 0.6 is 11.3 Å².